The molecular formula is C17H20N2O5. The molecule has 0 aliphatic carbocycles. The van der Waals surface area contributed by atoms with E-state index >= 15 is 0 Å². The number of carbonyl (C=O) groups is 2. The fourth-order valence-electron chi connectivity index (χ4n) is 2.49. The molecule has 7 heteroatoms. The number of ether oxygens (including phenoxy) is 1. The SMILES string of the molecule is Cc1cc(OCC(=O)O)ccc1NC(=O)C(C)c1c(C)noc1C. The Morgan fingerprint density at radius 1 is 1.33 bits per heavy atom. The van der Waals surface area contributed by atoms with E-state index in [0.29, 0.717) is 22.9 Å². The molecule has 0 bridgehead atoms. The predicted octanol–water partition coefficient (Wildman–Crippen LogP) is 2.81. The molecule has 0 saturated heterocycles. The van der Waals surface area contributed by atoms with Crippen molar-refractivity contribution in [3.8, 4) is 5.75 Å². The molecule has 1 heterocycles. The molecule has 2 rings (SSSR count). The Kier molecular flexibility index (Phi) is 5.23. The first-order valence-corrected chi connectivity index (χ1v) is 7.48. The van der Waals surface area contributed by atoms with E-state index in [1.165, 1.54) is 0 Å². The maximum atomic E-state index is 12.5. The molecule has 0 radical (unpaired) electrons. The number of carboxylic acid groups (broad SMARTS) is 1. The standard InChI is InChI=1S/C17H20N2O5/c1-9-7-13(23-8-15(20)21)5-6-14(9)18-17(22)10(2)16-11(3)19-24-12(16)4/h5-7,10H,8H2,1-4H3,(H,18,22)(H,20,21). The van der Waals surface area contributed by atoms with Crippen molar-refractivity contribution in [2.75, 3.05) is 11.9 Å². The summed E-state index contributed by atoms with van der Waals surface area (Å²) in [5, 5.41) is 15.4. The summed E-state index contributed by atoms with van der Waals surface area (Å²) in [6.07, 6.45) is 0. The Hall–Kier alpha value is -2.83. The highest BCUT2D eigenvalue weighted by atomic mass is 16.5. The number of rotatable bonds is 6. The average molecular weight is 332 g/mol. The van der Waals surface area contributed by atoms with Crippen molar-refractivity contribution in [1.82, 2.24) is 5.16 Å². The third kappa shape index (κ3) is 3.92. The summed E-state index contributed by atoms with van der Waals surface area (Å²) in [5.41, 5.74) is 2.90. The van der Waals surface area contributed by atoms with E-state index in [1.54, 1.807) is 39.0 Å². The lowest BCUT2D eigenvalue weighted by atomic mass is 9.98. The van der Waals surface area contributed by atoms with Gasteiger partial charge >= 0.3 is 5.97 Å². The zero-order chi connectivity index (χ0) is 17.9. The molecular weight excluding hydrogens is 312 g/mol. The van der Waals surface area contributed by atoms with Gasteiger partial charge in [0.05, 0.1) is 11.6 Å². The second kappa shape index (κ2) is 7.16. The first kappa shape index (κ1) is 17.5. The zero-order valence-corrected chi connectivity index (χ0v) is 14.0. The molecule has 0 aliphatic rings. The Bertz CT molecular complexity index is 747. The van der Waals surface area contributed by atoms with Gasteiger partial charge in [-0.05, 0) is 51.5 Å². The average Bonchev–Trinajstić information content (AvgIpc) is 2.85. The Morgan fingerprint density at radius 3 is 2.58 bits per heavy atom. The second-order valence-corrected chi connectivity index (χ2v) is 5.61. The van der Waals surface area contributed by atoms with Crippen LogP contribution in [0.3, 0.4) is 0 Å². The van der Waals surface area contributed by atoms with E-state index in [-0.39, 0.29) is 5.91 Å². The summed E-state index contributed by atoms with van der Waals surface area (Å²) in [6.45, 7) is 6.77. The maximum Gasteiger partial charge on any atom is 0.341 e. The molecule has 0 saturated carbocycles. The minimum Gasteiger partial charge on any atom is -0.482 e. The molecule has 7 nitrogen and oxygen atoms in total. The van der Waals surface area contributed by atoms with Gasteiger partial charge in [0.1, 0.15) is 11.5 Å². The lowest BCUT2D eigenvalue weighted by Crippen LogP contribution is -2.20. The van der Waals surface area contributed by atoms with Gasteiger partial charge in [-0.2, -0.15) is 0 Å². The number of aryl methyl sites for hydroxylation is 3. The van der Waals surface area contributed by atoms with Gasteiger partial charge < -0.3 is 19.7 Å². The first-order valence-electron chi connectivity index (χ1n) is 7.48. The van der Waals surface area contributed by atoms with Crippen LogP contribution in [0.4, 0.5) is 5.69 Å². The highest BCUT2D eigenvalue weighted by Crippen LogP contribution is 2.26. The van der Waals surface area contributed by atoms with Gasteiger partial charge in [-0.15, -0.1) is 0 Å². The number of carbonyl (C=O) groups excluding carboxylic acids is 1. The molecule has 1 unspecified atom stereocenters. The van der Waals surface area contributed by atoms with E-state index in [0.717, 1.165) is 11.1 Å². The van der Waals surface area contributed by atoms with Gasteiger partial charge in [0.15, 0.2) is 6.61 Å². The number of amides is 1. The van der Waals surface area contributed by atoms with E-state index in [2.05, 4.69) is 10.5 Å². The van der Waals surface area contributed by atoms with Crippen LogP contribution in [-0.2, 0) is 9.59 Å². The lowest BCUT2D eigenvalue weighted by Gasteiger charge is -2.14. The highest BCUT2D eigenvalue weighted by Gasteiger charge is 2.23. The Labute approximate surface area is 139 Å². The van der Waals surface area contributed by atoms with Crippen LogP contribution < -0.4 is 10.1 Å². The number of aromatic nitrogens is 1. The molecule has 2 aromatic rings. The number of carboxylic acids is 1. The lowest BCUT2D eigenvalue weighted by molar-refractivity contribution is -0.139. The van der Waals surface area contributed by atoms with Crippen molar-refractivity contribution >= 4 is 17.6 Å². The van der Waals surface area contributed by atoms with Crippen molar-refractivity contribution in [3.63, 3.8) is 0 Å². The van der Waals surface area contributed by atoms with Crippen LogP contribution in [0.15, 0.2) is 22.7 Å². The number of anilines is 1. The second-order valence-electron chi connectivity index (χ2n) is 5.61. The van der Waals surface area contributed by atoms with Crippen LogP contribution in [0, 0.1) is 20.8 Å². The number of nitrogens with one attached hydrogen (secondary N) is 1. The molecule has 1 aromatic heterocycles. The number of hydrogen-bond acceptors (Lipinski definition) is 5. The molecule has 0 spiro atoms. The highest BCUT2D eigenvalue weighted by molar-refractivity contribution is 5.96. The van der Waals surface area contributed by atoms with Crippen molar-refractivity contribution in [2.45, 2.75) is 33.6 Å². The number of hydrogen-bond donors (Lipinski definition) is 2. The van der Waals surface area contributed by atoms with Gasteiger partial charge in [0, 0.05) is 11.3 Å². The molecule has 1 amide bonds. The Morgan fingerprint density at radius 2 is 2.04 bits per heavy atom. The van der Waals surface area contributed by atoms with Crippen molar-refractivity contribution in [3.05, 3.63) is 40.8 Å². The maximum absolute atomic E-state index is 12.5. The van der Waals surface area contributed by atoms with Crippen molar-refractivity contribution < 1.29 is 24.0 Å². The Balaban J connectivity index is 2.10. The molecule has 1 atom stereocenters. The van der Waals surface area contributed by atoms with E-state index in [4.69, 9.17) is 14.4 Å². The quantitative estimate of drug-likeness (QED) is 0.843. The number of nitrogens with zero attached hydrogens (tertiary/aromatic N) is 1. The molecule has 24 heavy (non-hydrogen) atoms. The fraction of sp³-hybridized carbons (Fsp3) is 0.353. The molecule has 0 fully saturated rings. The molecule has 0 aliphatic heterocycles. The normalized spacial score (nSPS) is 11.8. The summed E-state index contributed by atoms with van der Waals surface area (Å²) < 4.78 is 10.2. The van der Waals surface area contributed by atoms with Crippen molar-refractivity contribution in [2.24, 2.45) is 0 Å². The van der Waals surface area contributed by atoms with Crippen LogP contribution >= 0.6 is 0 Å². The monoisotopic (exact) mass is 332 g/mol. The van der Waals surface area contributed by atoms with Crippen LogP contribution in [0.5, 0.6) is 5.75 Å². The van der Waals surface area contributed by atoms with Gasteiger partial charge in [0.25, 0.3) is 0 Å². The summed E-state index contributed by atoms with van der Waals surface area (Å²) >= 11 is 0. The minimum atomic E-state index is -1.04. The molecule has 128 valence electrons. The van der Waals surface area contributed by atoms with Crippen LogP contribution in [0.25, 0.3) is 0 Å². The van der Waals surface area contributed by atoms with E-state index in [9.17, 15) is 9.59 Å². The zero-order valence-electron chi connectivity index (χ0n) is 14.0. The van der Waals surface area contributed by atoms with Gasteiger partial charge in [-0.25, -0.2) is 4.79 Å². The van der Waals surface area contributed by atoms with Gasteiger partial charge in [0.2, 0.25) is 5.91 Å². The van der Waals surface area contributed by atoms with Crippen molar-refractivity contribution in [1.29, 1.82) is 0 Å². The summed E-state index contributed by atoms with van der Waals surface area (Å²) in [4.78, 5) is 23.0. The van der Waals surface area contributed by atoms with Crippen LogP contribution in [0.2, 0.25) is 0 Å². The first-order chi connectivity index (χ1) is 11.3. The fourth-order valence-corrected chi connectivity index (χ4v) is 2.49. The van der Waals surface area contributed by atoms with Gasteiger partial charge in [-0.3, -0.25) is 4.79 Å². The topological polar surface area (TPSA) is 102 Å². The van der Waals surface area contributed by atoms with Gasteiger partial charge in [-0.1, -0.05) is 5.16 Å². The summed E-state index contributed by atoms with van der Waals surface area (Å²) in [7, 11) is 0. The third-order valence-corrected chi connectivity index (χ3v) is 3.73. The summed E-state index contributed by atoms with van der Waals surface area (Å²) in [6, 6.07) is 4.98. The minimum absolute atomic E-state index is 0.174. The number of aliphatic carboxylic acids is 1. The smallest absolute Gasteiger partial charge is 0.341 e. The molecule has 2 N–H and O–H groups in total. The summed E-state index contributed by atoms with van der Waals surface area (Å²) in [5.74, 6) is -0.556. The third-order valence-electron chi connectivity index (χ3n) is 3.73. The van der Waals surface area contributed by atoms with E-state index in [1.807, 2.05) is 6.92 Å². The van der Waals surface area contributed by atoms with Crippen LogP contribution in [0.1, 0.15) is 35.4 Å². The van der Waals surface area contributed by atoms with E-state index < -0.39 is 18.5 Å². The number of benzene rings is 1. The predicted molar refractivity (Wildman–Crippen MR) is 87.3 cm³/mol. The van der Waals surface area contributed by atoms with Crippen LogP contribution in [-0.4, -0.2) is 28.7 Å². The largest absolute Gasteiger partial charge is 0.482 e. The molecule has 1 aromatic carbocycles.